The van der Waals surface area contributed by atoms with Crippen molar-refractivity contribution in [2.45, 2.75) is 0 Å². The predicted octanol–water partition coefficient (Wildman–Crippen LogP) is 3.05. The Morgan fingerprint density at radius 1 is 0.722 bits per heavy atom. The zero-order valence-corrected chi connectivity index (χ0v) is 21.7. The van der Waals surface area contributed by atoms with Crippen molar-refractivity contribution in [3.8, 4) is 34.1 Å². The third kappa shape index (κ3) is 8.46. The van der Waals surface area contributed by atoms with E-state index >= 15 is 0 Å². The van der Waals surface area contributed by atoms with E-state index in [0.717, 1.165) is 49.8 Å². The van der Waals surface area contributed by atoms with Crippen LogP contribution in [0.5, 0.6) is 11.5 Å². The fourth-order valence-electron chi connectivity index (χ4n) is 3.23. The van der Waals surface area contributed by atoms with E-state index in [1.807, 2.05) is 78.9 Å². The van der Waals surface area contributed by atoms with Crippen LogP contribution in [0.1, 0.15) is 11.1 Å². The lowest BCUT2D eigenvalue weighted by molar-refractivity contribution is -2.00. The van der Waals surface area contributed by atoms with Crippen LogP contribution in [0.15, 0.2) is 95.4 Å². The van der Waals surface area contributed by atoms with Crippen molar-refractivity contribution in [3.05, 3.63) is 102 Å². The molecule has 9 heteroatoms. The molecular formula is C27H22BrClO7. The van der Waals surface area contributed by atoms with Crippen molar-refractivity contribution < 1.29 is 42.8 Å². The highest BCUT2D eigenvalue weighted by Crippen LogP contribution is 2.32. The number of rotatable bonds is 6. The standard InChI is InChI=1S/C27H22BrO3.ClHO4/c1-29-23-12-8-21(9-13-23)26-17-19(16-25(28)20-6-4-3-5-7-20)18-27(31-26)22-10-14-24(30-2)15-11-22;2-1(3,4)5/h3-18H,1-2H3;(H,2,3,4,5)/q+1;/p-1/b25-16-;. The molecule has 0 amide bonds. The molecule has 0 aliphatic heterocycles. The van der Waals surface area contributed by atoms with Crippen LogP contribution in [0.3, 0.4) is 0 Å². The minimum absolute atomic E-state index is 0.774. The largest absolute Gasteiger partial charge is 0.497 e. The fraction of sp³-hybridized carbons (Fsp3) is 0.0741. The molecule has 0 fully saturated rings. The molecule has 0 saturated carbocycles. The molecule has 0 radical (unpaired) electrons. The first kappa shape index (κ1) is 27.3. The van der Waals surface area contributed by atoms with Crippen LogP contribution in [0.25, 0.3) is 33.2 Å². The maximum absolute atomic E-state index is 8.49. The highest BCUT2D eigenvalue weighted by molar-refractivity contribution is 9.15. The summed E-state index contributed by atoms with van der Waals surface area (Å²) in [6, 6.07) is 30.0. The maximum Gasteiger partial charge on any atom is 0.361 e. The molecule has 0 aliphatic carbocycles. The average Bonchev–Trinajstić information content (AvgIpc) is 2.88. The zero-order chi connectivity index (χ0) is 26.1. The highest BCUT2D eigenvalue weighted by atomic mass is 79.9. The quantitative estimate of drug-likeness (QED) is 0.325. The SMILES string of the molecule is COc1ccc(-c2cc(/C=C(\Br)c3ccccc3)cc(-c3ccc(OC)cc3)[o+]2)cc1.[O-][Cl+3]([O-])([O-])[O-]. The van der Waals surface area contributed by atoms with Gasteiger partial charge in [-0.2, -0.15) is 0 Å². The van der Waals surface area contributed by atoms with Gasteiger partial charge in [0.15, 0.2) is 0 Å². The molecule has 1 aromatic heterocycles. The van der Waals surface area contributed by atoms with Gasteiger partial charge in [-0.05, 0) is 65.7 Å². The Hall–Kier alpha value is -3.24. The topological polar surface area (TPSA) is 122 Å². The zero-order valence-electron chi connectivity index (χ0n) is 19.4. The molecule has 0 bridgehead atoms. The fourth-order valence-corrected chi connectivity index (χ4v) is 3.76. The minimum Gasteiger partial charge on any atom is -0.497 e. The van der Waals surface area contributed by atoms with Gasteiger partial charge in [0.25, 0.3) is 0 Å². The van der Waals surface area contributed by atoms with E-state index in [1.165, 1.54) is 0 Å². The molecule has 4 rings (SSSR count). The monoisotopic (exact) mass is 572 g/mol. The van der Waals surface area contributed by atoms with E-state index in [9.17, 15) is 0 Å². The van der Waals surface area contributed by atoms with E-state index in [1.54, 1.807) is 14.2 Å². The van der Waals surface area contributed by atoms with Crippen LogP contribution in [0.2, 0.25) is 0 Å². The van der Waals surface area contributed by atoms with E-state index in [-0.39, 0.29) is 0 Å². The summed E-state index contributed by atoms with van der Waals surface area (Å²) >= 11 is 3.72. The van der Waals surface area contributed by atoms with Crippen molar-refractivity contribution in [2.24, 2.45) is 0 Å². The number of ether oxygens (including phenoxy) is 2. The first-order valence-corrected chi connectivity index (χ1v) is 12.5. The van der Waals surface area contributed by atoms with Gasteiger partial charge in [0.2, 0.25) is 0 Å². The van der Waals surface area contributed by atoms with Gasteiger partial charge in [-0.25, -0.2) is 23.1 Å². The van der Waals surface area contributed by atoms with Gasteiger partial charge >= 0.3 is 11.5 Å². The van der Waals surface area contributed by atoms with Gasteiger partial charge in [0.1, 0.15) is 11.5 Å². The Kier molecular flexibility index (Phi) is 9.60. The summed E-state index contributed by atoms with van der Waals surface area (Å²) in [5.41, 5.74) is 4.09. The van der Waals surface area contributed by atoms with E-state index < -0.39 is 10.2 Å². The second-order valence-corrected chi connectivity index (χ2v) is 8.92. The van der Waals surface area contributed by atoms with Gasteiger partial charge in [-0.1, -0.05) is 46.3 Å². The van der Waals surface area contributed by atoms with Crippen molar-refractivity contribution >= 4 is 26.5 Å². The second-order valence-electron chi connectivity index (χ2n) is 7.31. The van der Waals surface area contributed by atoms with Crippen LogP contribution in [-0.2, 0) is 0 Å². The Morgan fingerprint density at radius 2 is 1.14 bits per heavy atom. The Bertz CT molecular complexity index is 1220. The Balaban J connectivity index is 0.000000658. The first-order chi connectivity index (χ1) is 17.2. The number of halogens is 2. The smallest absolute Gasteiger partial charge is 0.361 e. The van der Waals surface area contributed by atoms with Gasteiger partial charge in [0.05, 0.1) is 37.5 Å². The van der Waals surface area contributed by atoms with Crippen LogP contribution in [0, 0.1) is 10.2 Å². The first-order valence-electron chi connectivity index (χ1n) is 10.5. The lowest BCUT2D eigenvalue weighted by Gasteiger charge is -2.17. The predicted molar refractivity (Wildman–Crippen MR) is 130 cm³/mol. The lowest BCUT2D eigenvalue weighted by Crippen LogP contribution is -2.68. The van der Waals surface area contributed by atoms with Crippen molar-refractivity contribution in [1.29, 1.82) is 0 Å². The number of methoxy groups -OCH3 is 2. The molecule has 3 aromatic carbocycles. The molecule has 0 spiro atoms. The van der Waals surface area contributed by atoms with Crippen molar-refractivity contribution in [1.82, 2.24) is 0 Å². The summed E-state index contributed by atoms with van der Waals surface area (Å²) < 4.78 is 51.8. The summed E-state index contributed by atoms with van der Waals surface area (Å²) in [6.07, 6.45) is 2.10. The van der Waals surface area contributed by atoms with E-state index in [0.29, 0.717) is 0 Å². The molecule has 0 atom stereocenters. The second kappa shape index (κ2) is 12.6. The molecule has 7 nitrogen and oxygen atoms in total. The molecule has 186 valence electrons. The minimum atomic E-state index is -4.94. The number of benzene rings is 3. The van der Waals surface area contributed by atoms with Crippen LogP contribution < -0.4 is 28.1 Å². The van der Waals surface area contributed by atoms with E-state index in [4.69, 9.17) is 32.5 Å². The van der Waals surface area contributed by atoms with Crippen LogP contribution in [-0.4, -0.2) is 14.2 Å². The maximum atomic E-state index is 8.49. The average molecular weight is 574 g/mol. The molecule has 0 aliphatic rings. The summed E-state index contributed by atoms with van der Waals surface area (Å²) in [6.45, 7) is 0. The highest BCUT2D eigenvalue weighted by Gasteiger charge is 2.20. The third-order valence-corrected chi connectivity index (χ3v) is 5.59. The van der Waals surface area contributed by atoms with Crippen LogP contribution in [0.4, 0.5) is 0 Å². The molecule has 0 saturated heterocycles. The van der Waals surface area contributed by atoms with Gasteiger partial charge in [-0.15, -0.1) is 10.2 Å². The van der Waals surface area contributed by atoms with Crippen molar-refractivity contribution in [3.63, 3.8) is 0 Å². The third-order valence-electron chi connectivity index (χ3n) is 4.91. The van der Waals surface area contributed by atoms with Gasteiger partial charge in [-0.3, -0.25) is 0 Å². The van der Waals surface area contributed by atoms with Crippen LogP contribution >= 0.6 is 15.9 Å². The number of hydrogen-bond donors (Lipinski definition) is 0. The Labute approximate surface area is 219 Å². The summed E-state index contributed by atoms with van der Waals surface area (Å²) in [5, 5.41) is 0. The Morgan fingerprint density at radius 3 is 1.53 bits per heavy atom. The van der Waals surface area contributed by atoms with E-state index in [2.05, 4.69) is 34.1 Å². The van der Waals surface area contributed by atoms with Gasteiger partial charge in [0, 0.05) is 4.48 Å². The van der Waals surface area contributed by atoms with Gasteiger partial charge < -0.3 is 9.47 Å². The molecule has 0 N–H and O–H groups in total. The summed E-state index contributed by atoms with van der Waals surface area (Å²) in [4.78, 5) is 0. The normalized spacial score (nSPS) is 11.4. The lowest BCUT2D eigenvalue weighted by atomic mass is 10.1. The molecule has 36 heavy (non-hydrogen) atoms. The summed E-state index contributed by atoms with van der Waals surface area (Å²) in [7, 11) is -1.62. The molecule has 4 aromatic rings. The number of hydrogen-bond acceptors (Lipinski definition) is 6. The summed E-state index contributed by atoms with van der Waals surface area (Å²) in [5.74, 6) is 3.16. The molecule has 0 unspecified atom stereocenters. The molecular weight excluding hydrogens is 552 g/mol. The molecule has 1 heterocycles. The van der Waals surface area contributed by atoms with Crippen molar-refractivity contribution in [2.75, 3.05) is 14.2 Å².